The van der Waals surface area contributed by atoms with Gasteiger partial charge in [0, 0.05) is 11.6 Å². The highest BCUT2D eigenvalue weighted by Gasteiger charge is 2.44. The van der Waals surface area contributed by atoms with Crippen molar-refractivity contribution >= 4 is 17.8 Å². The zero-order valence-electron chi connectivity index (χ0n) is 12.5. The molecule has 0 fully saturated rings. The minimum Gasteiger partial charge on any atom is -0.468 e. The monoisotopic (exact) mass is 283 g/mol. The Morgan fingerprint density at radius 3 is 2.30 bits per heavy atom. The van der Waals surface area contributed by atoms with Gasteiger partial charge in [0.2, 0.25) is 5.91 Å². The summed E-state index contributed by atoms with van der Waals surface area (Å²) in [6.45, 7) is 5.56. The van der Waals surface area contributed by atoms with E-state index in [-0.39, 0.29) is 5.92 Å². The summed E-state index contributed by atoms with van der Waals surface area (Å²) in [6.07, 6.45) is 0.523. The average Bonchev–Trinajstić information content (AvgIpc) is 2.36. The fraction of sp³-hybridized carbons (Fsp3) is 0.643. The zero-order valence-corrected chi connectivity index (χ0v) is 12.5. The van der Waals surface area contributed by atoms with Crippen molar-refractivity contribution in [3.8, 4) is 0 Å². The Kier molecular flexibility index (Phi) is 5.30. The molecule has 6 heteroatoms. The number of methoxy groups -OCH3 is 2. The van der Waals surface area contributed by atoms with E-state index in [1.165, 1.54) is 14.2 Å². The number of hydrogen-bond donors (Lipinski definition) is 1. The lowest BCUT2D eigenvalue weighted by molar-refractivity contribution is -0.153. The topological polar surface area (TPSA) is 81.7 Å². The van der Waals surface area contributed by atoms with Crippen molar-refractivity contribution in [3.63, 3.8) is 0 Å². The van der Waals surface area contributed by atoms with Crippen LogP contribution in [-0.2, 0) is 23.9 Å². The van der Waals surface area contributed by atoms with E-state index in [1.807, 2.05) is 13.8 Å². The Morgan fingerprint density at radius 1 is 1.25 bits per heavy atom. The summed E-state index contributed by atoms with van der Waals surface area (Å²) >= 11 is 0. The Balaban J connectivity index is 3.29. The van der Waals surface area contributed by atoms with Crippen molar-refractivity contribution in [1.29, 1.82) is 0 Å². The molecule has 0 aromatic rings. The molecule has 0 radical (unpaired) electrons. The third-order valence-corrected chi connectivity index (χ3v) is 3.36. The maximum atomic E-state index is 12.1. The van der Waals surface area contributed by atoms with Crippen LogP contribution < -0.4 is 5.32 Å². The van der Waals surface area contributed by atoms with Crippen LogP contribution >= 0.6 is 0 Å². The highest BCUT2D eigenvalue weighted by Crippen LogP contribution is 2.34. The van der Waals surface area contributed by atoms with Crippen LogP contribution in [0.25, 0.3) is 0 Å². The van der Waals surface area contributed by atoms with E-state index in [0.29, 0.717) is 17.7 Å². The molecule has 112 valence electrons. The molecule has 1 aliphatic rings. The molecule has 1 amide bonds. The van der Waals surface area contributed by atoms with Gasteiger partial charge in [-0.25, -0.2) is 4.79 Å². The second-order valence-corrected chi connectivity index (χ2v) is 5.26. The van der Waals surface area contributed by atoms with Gasteiger partial charge in [0.25, 0.3) is 0 Å². The number of ether oxygens (including phenoxy) is 2. The Bertz CT molecular complexity index is 452. The number of allylic oxidation sites excluding steroid dienone is 1. The standard InChI is InChI=1S/C14H21NO5/c1-7(2)6-9-10(13(17)19-4)8(3)15-12(16)11(9)14(18)20-5/h7,9,11H,6H2,1-5H3,(H,15,16). The maximum absolute atomic E-state index is 12.1. The molecule has 1 aliphatic heterocycles. The Hall–Kier alpha value is -1.85. The van der Waals surface area contributed by atoms with E-state index in [4.69, 9.17) is 9.47 Å². The molecule has 1 N–H and O–H groups in total. The van der Waals surface area contributed by atoms with Crippen LogP contribution in [0.1, 0.15) is 27.2 Å². The van der Waals surface area contributed by atoms with Crippen LogP contribution in [-0.4, -0.2) is 32.1 Å². The molecule has 0 aromatic heterocycles. The number of rotatable bonds is 4. The average molecular weight is 283 g/mol. The minimum absolute atomic E-state index is 0.213. The first kappa shape index (κ1) is 16.2. The number of carbonyl (C=O) groups is 3. The number of carbonyl (C=O) groups excluding carboxylic acids is 3. The van der Waals surface area contributed by atoms with Crippen LogP contribution in [0.5, 0.6) is 0 Å². The number of hydrogen-bond acceptors (Lipinski definition) is 5. The van der Waals surface area contributed by atoms with Gasteiger partial charge < -0.3 is 14.8 Å². The van der Waals surface area contributed by atoms with Gasteiger partial charge in [0.15, 0.2) is 0 Å². The normalized spacial score (nSPS) is 22.6. The predicted molar refractivity (Wildman–Crippen MR) is 71.3 cm³/mol. The van der Waals surface area contributed by atoms with Crippen LogP contribution in [0.3, 0.4) is 0 Å². The summed E-state index contributed by atoms with van der Waals surface area (Å²) in [7, 11) is 2.50. The quantitative estimate of drug-likeness (QED) is 0.615. The molecule has 6 nitrogen and oxygen atoms in total. The molecule has 0 saturated heterocycles. The molecular formula is C14H21NO5. The molecule has 2 atom stereocenters. The maximum Gasteiger partial charge on any atom is 0.335 e. The first-order valence-electron chi connectivity index (χ1n) is 6.51. The van der Waals surface area contributed by atoms with Crippen molar-refractivity contribution in [2.45, 2.75) is 27.2 Å². The van der Waals surface area contributed by atoms with Crippen molar-refractivity contribution in [2.24, 2.45) is 17.8 Å². The molecule has 2 unspecified atom stereocenters. The van der Waals surface area contributed by atoms with E-state index in [1.54, 1.807) is 6.92 Å². The van der Waals surface area contributed by atoms with E-state index in [2.05, 4.69) is 5.32 Å². The first-order valence-corrected chi connectivity index (χ1v) is 6.51. The predicted octanol–water partition coefficient (Wildman–Crippen LogP) is 1.01. The number of nitrogens with one attached hydrogen (secondary N) is 1. The highest BCUT2D eigenvalue weighted by molar-refractivity contribution is 6.04. The number of esters is 2. The first-order chi connectivity index (χ1) is 9.33. The molecule has 1 rings (SSSR count). The molecule has 20 heavy (non-hydrogen) atoms. The fourth-order valence-corrected chi connectivity index (χ4v) is 2.53. The summed E-state index contributed by atoms with van der Waals surface area (Å²) < 4.78 is 9.46. The van der Waals surface area contributed by atoms with E-state index < -0.39 is 29.7 Å². The summed E-state index contributed by atoms with van der Waals surface area (Å²) in [4.78, 5) is 35.9. The van der Waals surface area contributed by atoms with Crippen LogP contribution in [0, 0.1) is 17.8 Å². The minimum atomic E-state index is -1.01. The molecule has 0 aromatic carbocycles. The molecule has 0 aliphatic carbocycles. The summed E-state index contributed by atoms with van der Waals surface area (Å²) in [6, 6.07) is 0. The van der Waals surface area contributed by atoms with Crippen molar-refractivity contribution in [2.75, 3.05) is 14.2 Å². The molecule has 0 spiro atoms. The van der Waals surface area contributed by atoms with Crippen molar-refractivity contribution in [1.82, 2.24) is 5.32 Å². The number of amides is 1. The van der Waals surface area contributed by atoms with Crippen molar-refractivity contribution < 1.29 is 23.9 Å². The largest absolute Gasteiger partial charge is 0.468 e. The van der Waals surface area contributed by atoms with Gasteiger partial charge in [-0.2, -0.15) is 0 Å². The van der Waals surface area contributed by atoms with Gasteiger partial charge in [-0.3, -0.25) is 9.59 Å². The third kappa shape index (κ3) is 3.18. The van der Waals surface area contributed by atoms with E-state index in [9.17, 15) is 14.4 Å². The van der Waals surface area contributed by atoms with Crippen LogP contribution in [0.4, 0.5) is 0 Å². The summed E-state index contributed by atoms with van der Waals surface area (Å²) in [5.74, 6) is -2.92. The summed E-state index contributed by atoms with van der Waals surface area (Å²) in [5.41, 5.74) is 0.781. The van der Waals surface area contributed by atoms with Gasteiger partial charge in [-0.1, -0.05) is 13.8 Å². The summed E-state index contributed by atoms with van der Waals surface area (Å²) in [5, 5.41) is 2.55. The smallest absolute Gasteiger partial charge is 0.335 e. The fourth-order valence-electron chi connectivity index (χ4n) is 2.53. The Labute approximate surface area is 118 Å². The second-order valence-electron chi connectivity index (χ2n) is 5.26. The SMILES string of the molecule is COC(=O)C1=C(C)NC(=O)C(C(=O)OC)C1CC(C)C. The molecule has 0 bridgehead atoms. The van der Waals surface area contributed by atoms with E-state index in [0.717, 1.165) is 0 Å². The van der Waals surface area contributed by atoms with Crippen LogP contribution in [0.15, 0.2) is 11.3 Å². The lowest BCUT2D eigenvalue weighted by Gasteiger charge is -2.32. The Morgan fingerprint density at radius 2 is 1.85 bits per heavy atom. The molecule has 1 heterocycles. The van der Waals surface area contributed by atoms with Gasteiger partial charge in [-0.15, -0.1) is 0 Å². The zero-order chi connectivity index (χ0) is 15.4. The molecular weight excluding hydrogens is 262 g/mol. The van der Waals surface area contributed by atoms with Gasteiger partial charge in [-0.05, 0) is 19.3 Å². The van der Waals surface area contributed by atoms with Crippen molar-refractivity contribution in [3.05, 3.63) is 11.3 Å². The lowest BCUT2D eigenvalue weighted by Crippen LogP contribution is -2.47. The highest BCUT2D eigenvalue weighted by atomic mass is 16.5. The second kappa shape index (κ2) is 6.54. The third-order valence-electron chi connectivity index (χ3n) is 3.36. The van der Waals surface area contributed by atoms with Gasteiger partial charge >= 0.3 is 11.9 Å². The van der Waals surface area contributed by atoms with Gasteiger partial charge in [0.05, 0.1) is 19.8 Å². The molecule has 0 saturated carbocycles. The van der Waals surface area contributed by atoms with Crippen LogP contribution in [0.2, 0.25) is 0 Å². The lowest BCUT2D eigenvalue weighted by atomic mass is 9.76. The van der Waals surface area contributed by atoms with Gasteiger partial charge in [0.1, 0.15) is 5.92 Å². The van der Waals surface area contributed by atoms with E-state index >= 15 is 0 Å².